The second-order valence-electron chi connectivity index (χ2n) is 13.5. The normalized spacial score (nSPS) is 14.6. The van der Waals surface area contributed by atoms with Crippen molar-refractivity contribution in [3.63, 3.8) is 0 Å². The van der Waals surface area contributed by atoms with Crippen molar-refractivity contribution in [1.29, 1.82) is 0 Å². The van der Waals surface area contributed by atoms with Gasteiger partial charge in [-0.2, -0.15) is 0 Å². The smallest absolute Gasteiger partial charge is 0.0619 e. The maximum Gasteiger partial charge on any atom is 0.0726 e. The molecule has 2 aliphatic carbocycles. The molecule has 1 heteroatoms. The maximum atomic E-state index is 4.10. The number of benzene rings is 5. The SMILES string of the molecule is CC(C)(C)c1ccc2c(c1)C1(c3ccccc3-c3ccccc3-c3ccccc31)c1cc(C(C)(C)C)cc(Br)c1-2. The van der Waals surface area contributed by atoms with E-state index >= 15 is 0 Å². The van der Waals surface area contributed by atoms with Crippen LogP contribution in [0.15, 0.2) is 108 Å². The van der Waals surface area contributed by atoms with E-state index in [2.05, 4.69) is 161 Å². The van der Waals surface area contributed by atoms with Crippen molar-refractivity contribution in [1.82, 2.24) is 0 Å². The molecule has 198 valence electrons. The van der Waals surface area contributed by atoms with Gasteiger partial charge in [0, 0.05) is 10.0 Å². The summed E-state index contributed by atoms with van der Waals surface area (Å²) in [4.78, 5) is 0. The molecule has 0 N–H and O–H groups in total. The standard InChI is InChI=1S/C39H35Br/c1-37(2,3)24-19-20-30-33(21-24)39(34-22-25(38(4,5)6)23-35(40)36(30)34)31-17-11-9-15-28(31)26-13-7-8-14-27(26)29-16-10-12-18-32(29)39/h7-23H,1-6H3. The zero-order chi connectivity index (χ0) is 28.0. The van der Waals surface area contributed by atoms with Gasteiger partial charge in [0.2, 0.25) is 0 Å². The van der Waals surface area contributed by atoms with Crippen LogP contribution in [0.4, 0.5) is 0 Å². The fraction of sp³-hybridized carbons (Fsp3) is 0.231. The Labute approximate surface area is 247 Å². The zero-order valence-electron chi connectivity index (χ0n) is 24.2. The molecule has 0 atom stereocenters. The van der Waals surface area contributed by atoms with Gasteiger partial charge in [0.15, 0.2) is 0 Å². The van der Waals surface area contributed by atoms with Gasteiger partial charge < -0.3 is 0 Å². The van der Waals surface area contributed by atoms with Crippen LogP contribution >= 0.6 is 15.9 Å². The van der Waals surface area contributed by atoms with Gasteiger partial charge in [0.1, 0.15) is 0 Å². The summed E-state index contributed by atoms with van der Waals surface area (Å²) in [5.74, 6) is 0. The molecule has 5 aromatic carbocycles. The van der Waals surface area contributed by atoms with Crippen LogP contribution in [0.1, 0.15) is 74.9 Å². The monoisotopic (exact) mass is 582 g/mol. The molecule has 0 amide bonds. The summed E-state index contributed by atoms with van der Waals surface area (Å²) >= 11 is 4.10. The fourth-order valence-corrected chi connectivity index (χ4v) is 7.74. The van der Waals surface area contributed by atoms with Crippen LogP contribution in [0.5, 0.6) is 0 Å². The molecule has 1 spiro atoms. The van der Waals surface area contributed by atoms with Crippen LogP contribution in [-0.2, 0) is 16.2 Å². The average Bonchev–Trinajstić information content (AvgIpc) is 3.17. The second kappa shape index (κ2) is 8.54. The van der Waals surface area contributed by atoms with Crippen molar-refractivity contribution in [3.8, 4) is 33.4 Å². The lowest BCUT2D eigenvalue weighted by atomic mass is 9.65. The summed E-state index contributed by atoms with van der Waals surface area (Å²) in [7, 11) is 0. The first-order chi connectivity index (χ1) is 19.0. The summed E-state index contributed by atoms with van der Waals surface area (Å²) in [6, 6.07) is 39.3. The van der Waals surface area contributed by atoms with E-state index in [4.69, 9.17) is 0 Å². The summed E-state index contributed by atoms with van der Waals surface area (Å²) in [6.45, 7) is 13.9. The maximum absolute atomic E-state index is 4.10. The number of hydrogen-bond donors (Lipinski definition) is 0. The van der Waals surface area contributed by atoms with Crippen molar-refractivity contribution >= 4 is 15.9 Å². The zero-order valence-corrected chi connectivity index (χ0v) is 25.8. The van der Waals surface area contributed by atoms with Gasteiger partial charge in [-0.05, 0) is 78.1 Å². The van der Waals surface area contributed by atoms with Gasteiger partial charge in [-0.25, -0.2) is 0 Å². The lowest BCUT2D eigenvalue weighted by Gasteiger charge is -2.36. The second-order valence-corrected chi connectivity index (χ2v) is 14.4. The Morgan fingerprint density at radius 1 is 0.450 bits per heavy atom. The molecule has 0 saturated carbocycles. The summed E-state index contributed by atoms with van der Waals surface area (Å²) < 4.78 is 1.17. The third kappa shape index (κ3) is 3.43. The first kappa shape index (κ1) is 25.5. The number of hydrogen-bond acceptors (Lipinski definition) is 0. The summed E-state index contributed by atoms with van der Waals surface area (Å²) in [5, 5.41) is 0. The molecule has 0 fully saturated rings. The molecular weight excluding hydrogens is 548 g/mol. The quantitative estimate of drug-likeness (QED) is 0.167. The third-order valence-corrected chi connectivity index (χ3v) is 9.71. The molecule has 0 saturated heterocycles. The van der Waals surface area contributed by atoms with Gasteiger partial charge in [-0.15, -0.1) is 0 Å². The van der Waals surface area contributed by atoms with Crippen LogP contribution in [0.25, 0.3) is 33.4 Å². The third-order valence-electron chi connectivity index (χ3n) is 9.09. The van der Waals surface area contributed by atoms with E-state index in [0.29, 0.717) is 0 Å². The highest BCUT2D eigenvalue weighted by Gasteiger charge is 2.51. The predicted octanol–water partition coefficient (Wildman–Crippen LogP) is 11.1. The molecule has 0 bridgehead atoms. The van der Waals surface area contributed by atoms with Crippen molar-refractivity contribution in [2.75, 3.05) is 0 Å². The largest absolute Gasteiger partial charge is 0.0726 e. The molecule has 7 rings (SSSR count). The molecule has 0 unspecified atom stereocenters. The highest BCUT2D eigenvalue weighted by molar-refractivity contribution is 9.10. The molecule has 0 aromatic heterocycles. The molecule has 0 heterocycles. The summed E-state index contributed by atoms with van der Waals surface area (Å²) in [6.07, 6.45) is 0. The Kier molecular flexibility index (Phi) is 5.45. The van der Waals surface area contributed by atoms with Crippen LogP contribution in [0.2, 0.25) is 0 Å². The van der Waals surface area contributed by atoms with Crippen LogP contribution in [0, 0.1) is 0 Å². The Morgan fingerprint density at radius 2 is 0.925 bits per heavy atom. The molecule has 40 heavy (non-hydrogen) atoms. The van der Waals surface area contributed by atoms with E-state index in [1.165, 1.54) is 71.2 Å². The van der Waals surface area contributed by atoms with Crippen molar-refractivity contribution in [2.45, 2.75) is 57.8 Å². The Morgan fingerprint density at radius 3 is 1.45 bits per heavy atom. The van der Waals surface area contributed by atoms with Crippen LogP contribution in [-0.4, -0.2) is 0 Å². The van der Waals surface area contributed by atoms with Crippen LogP contribution < -0.4 is 0 Å². The summed E-state index contributed by atoms with van der Waals surface area (Å²) in [5.41, 5.74) is 15.6. The first-order valence-electron chi connectivity index (χ1n) is 14.3. The Balaban J connectivity index is 1.76. The molecule has 0 aliphatic heterocycles. The van der Waals surface area contributed by atoms with Gasteiger partial charge in [-0.3, -0.25) is 0 Å². The van der Waals surface area contributed by atoms with E-state index in [1.807, 2.05) is 0 Å². The van der Waals surface area contributed by atoms with Gasteiger partial charge >= 0.3 is 0 Å². The fourth-order valence-electron chi connectivity index (χ4n) is 7.06. The topological polar surface area (TPSA) is 0 Å². The van der Waals surface area contributed by atoms with Crippen molar-refractivity contribution < 1.29 is 0 Å². The average molecular weight is 584 g/mol. The van der Waals surface area contributed by atoms with Crippen molar-refractivity contribution in [2.24, 2.45) is 0 Å². The minimum atomic E-state index is -0.456. The lowest BCUT2D eigenvalue weighted by molar-refractivity contribution is 0.586. The van der Waals surface area contributed by atoms with Gasteiger partial charge in [0.25, 0.3) is 0 Å². The lowest BCUT2D eigenvalue weighted by Crippen LogP contribution is -2.30. The molecule has 2 aliphatic rings. The van der Waals surface area contributed by atoms with E-state index in [9.17, 15) is 0 Å². The molecule has 5 aromatic rings. The van der Waals surface area contributed by atoms with Crippen molar-refractivity contribution in [3.05, 3.63) is 141 Å². The van der Waals surface area contributed by atoms with Gasteiger partial charge in [-0.1, -0.05) is 155 Å². The number of halogens is 1. The Bertz CT molecular complexity index is 1760. The highest BCUT2D eigenvalue weighted by Crippen LogP contribution is 2.63. The molecule has 0 radical (unpaired) electrons. The molecular formula is C39H35Br. The van der Waals surface area contributed by atoms with Gasteiger partial charge in [0.05, 0.1) is 5.41 Å². The number of fused-ring (bicyclic) bond motifs is 12. The van der Waals surface area contributed by atoms with Crippen LogP contribution in [0.3, 0.4) is 0 Å². The van der Waals surface area contributed by atoms with E-state index in [-0.39, 0.29) is 10.8 Å². The minimum absolute atomic E-state index is 0.0107. The highest BCUT2D eigenvalue weighted by atomic mass is 79.9. The first-order valence-corrected chi connectivity index (χ1v) is 15.1. The predicted molar refractivity (Wildman–Crippen MR) is 173 cm³/mol. The minimum Gasteiger partial charge on any atom is -0.0619 e. The van der Waals surface area contributed by atoms with E-state index in [1.54, 1.807) is 0 Å². The van der Waals surface area contributed by atoms with E-state index in [0.717, 1.165) is 0 Å². The van der Waals surface area contributed by atoms with E-state index < -0.39 is 5.41 Å². The number of rotatable bonds is 0. The molecule has 0 nitrogen and oxygen atoms in total. The Hall–Kier alpha value is -3.42.